The zero-order chi connectivity index (χ0) is 21.8. The predicted molar refractivity (Wildman–Crippen MR) is 123 cm³/mol. The Bertz CT molecular complexity index is 1180. The van der Waals surface area contributed by atoms with Crippen LogP contribution in [-0.2, 0) is 16.1 Å². The summed E-state index contributed by atoms with van der Waals surface area (Å²) in [5.74, 6) is 0.998. The molecule has 0 saturated heterocycles. The third kappa shape index (κ3) is 4.86. The number of hydrogen-bond acceptors (Lipinski definition) is 5. The van der Waals surface area contributed by atoms with Crippen LogP contribution in [0.3, 0.4) is 0 Å². The maximum absolute atomic E-state index is 12.3. The summed E-state index contributed by atoms with van der Waals surface area (Å²) in [4.78, 5) is 16.6. The Hall–Kier alpha value is -3.38. The highest BCUT2D eigenvalue weighted by molar-refractivity contribution is 9.10. The van der Waals surface area contributed by atoms with Gasteiger partial charge in [-0.3, -0.25) is 0 Å². The lowest BCUT2D eigenvalue weighted by Crippen LogP contribution is -2.05. The van der Waals surface area contributed by atoms with E-state index in [-0.39, 0.29) is 11.6 Å². The summed E-state index contributed by atoms with van der Waals surface area (Å²) in [6.45, 7) is 2.49. The summed E-state index contributed by atoms with van der Waals surface area (Å²) >= 11 is 3.39. The molecule has 0 bridgehead atoms. The van der Waals surface area contributed by atoms with Gasteiger partial charge in [0.2, 0.25) is 5.90 Å². The van der Waals surface area contributed by atoms with Crippen LogP contribution in [0.25, 0.3) is 6.08 Å². The first-order valence-corrected chi connectivity index (χ1v) is 10.5. The van der Waals surface area contributed by atoms with Crippen LogP contribution >= 0.6 is 15.9 Å². The second kappa shape index (κ2) is 9.18. The van der Waals surface area contributed by atoms with E-state index >= 15 is 0 Å². The van der Waals surface area contributed by atoms with Crippen molar-refractivity contribution in [3.63, 3.8) is 0 Å². The van der Waals surface area contributed by atoms with Crippen LogP contribution in [-0.4, -0.2) is 19.0 Å². The number of nitrogens with zero attached hydrogens (tertiary/aromatic N) is 1. The number of methoxy groups -OCH3 is 1. The Kier molecular flexibility index (Phi) is 6.18. The largest absolute Gasteiger partial charge is 0.493 e. The maximum atomic E-state index is 12.3. The molecule has 0 N–H and O–H groups in total. The highest BCUT2D eigenvalue weighted by Gasteiger charge is 2.24. The molecule has 0 unspecified atom stereocenters. The monoisotopic (exact) mass is 477 g/mol. The molecule has 0 atom stereocenters. The van der Waals surface area contributed by atoms with E-state index in [2.05, 4.69) is 33.9 Å². The third-order valence-corrected chi connectivity index (χ3v) is 5.38. The molecular formula is C25H20BrNO4. The van der Waals surface area contributed by atoms with E-state index in [9.17, 15) is 4.79 Å². The summed E-state index contributed by atoms with van der Waals surface area (Å²) in [5, 5.41) is 0. The molecule has 0 amide bonds. The number of benzene rings is 3. The molecule has 0 fully saturated rings. The quantitative estimate of drug-likeness (QED) is 0.338. The molecule has 0 aromatic heterocycles. The topological polar surface area (TPSA) is 57.1 Å². The minimum absolute atomic E-state index is 0.230. The van der Waals surface area contributed by atoms with Crippen LogP contribution in [0.1, 0.15) is 22.3 Å². The molecule has 1 aliphatic heterocycles. The lowest BCUT2D eigenvalue weighted by Gasteiger charge is -2.12. The van der Waals surface area contributed by atoms with Crippen molar-refractivity contribution in [2.24, 2.45) is 4.99 Å². The average molecular weight is 478 g/mol. The van der Waals surface area contributed by atoms with Crippen molar-refractivity contribution in [3.05, 3.63) is 99.2 Å². The number of aryl methyl sites for hydroxylation is 1. The molecule has 0 aliphatic carbocycles. The van der Waals surface area contributed by atoms with Gasteiger partial charge in [-0.25, -0.2) is 9.79 Å². The van der Waals surface area contributed by atoms with E-state index in [0.717, 1.165) is 21.2 Å². The molecule has 31 heavy (non-hydrogen) atoms. The summed E-state index contributed by atoms with van der Waals surface area (Å²) in [6.07, 6.45) is 1.67. The van der Waals surface area contributed by atoms with E-state index in [1.165, 1.54) is 5.56 Å². The number of ether oxygens (including phenoxy) is 3. The Morgan fingerprint density at radius 3 is 2.55 bits per heavy atom. The normalized spacial score (nSPS) is 14.4. The zero-order valence-electron chi connectivity index (χ0n) is 17.1. The van der Waals surface area contributed by atoms with Gasteiger partial charge >= 0.3 is 5.97 Å². The Morgan fingerprint density at radius 2 is 1.81 bits per heavy atom. The lowest BCUT2D eigenvalue weighted by atomic mass is 10.1. The molecule has 0 radical (unpaired) electrons. The molecule has 0 saturated carbocycles. The van der Waals surface area contributed by atoms with Gasteiger partial charge in [0.1, 0.15) is 6.61 Å². The van der Waals surface area contributed by atoms with E-state index in [0.29, 0.717) is 18.1 Å². The first-order valence-electron chi connectivity index (χ1n) is 9.67. The van der Waals surface area contributed by atoms with Gasteiger partial charge in [0.05, 0.1) is 7.11 Å². The zero-order valence-corrected chi connectivity index (χ0v) is 18.7. The Morgan fingerprint density at radius 1 is 1.03 bits per heavy atom. The van der Waals surface area contributed by atoms with Crippen molar-refractivity contribution in [3.8, 4) is 11.5 Å². The van der Waals surface area contributed by atoms with Crippen molar-refractivity contribution in [2.45, 2.75) is 13.5 Å². The highest BCUT2D eigenvalue weighted by Crippen LogP contribution is 2.30. The van der Waals surface area contributed by atoms with Gasteiger partial charge < -0.3 is 14.2 Å². The summed E-state index contributed by atoms with van der Waals surface area (Å²) < 4.78 is 17.7. The Balaban J connectivity index is 1.54. The maximum Gasteiger partial charge on any atom is 0.363 e. The molecule has 5 nitrogen and oxygen atoms in total. The minimum atomic E-state index is -0.489. The lowest BCUT2D eigenvalue weighted by molar-refractivity contribution is -0.129. The number of cyclic esters (lactones) is 1. The minimum Gasteiger partial charge on any atom is -0.493 e. The van der Waals surface area contributed by atoms with E-state index in [1.807, 2.05) is 54.6 Å². The van der Waals surface area contributed by atoms with Crippen molar-refractivity contribution >= 4 is 33.9 Å². The van der Waals surface area contributed by atoms with Crippen LogP contribution in [0.4, 0.5) is 0 Å². The fraction of sp³-hybridized carbons (Fsp3) is 0.120. The van der Waals surface area contributed by atoms with Gasteiger partial charge in [-0.05, 0) is 66.1 Å². The van der Waals surface area contributed by atoms with E-state index in [1.54, 1.807) is 19.3 Å². The highest BCUT2D eigenvalue weighted by atomic mass is 79.9. The fourth-order valence-electron chi connectivity index (χ4n) is 3.10. The number of hydrogen-bond donors (Lipinski definition) is 0. The van der Waals surface area contributed by atoms with Crippen LogP contribution in [0.15, 0.2) is 81.9 Å². The Labute approximate surface area is 189 Å². The number of carbonyl (C=O) groups excluding carboxylic acids is 1. The SMILES string of the molecule is COc1cc(/C=C2\N=C(c3ccc(Br)cc3)OC2=O)ccc1OCc1ccccc1C. The van der Waals surface area contributed by atoms with Gasteiger partial charge in [-0.2, -0.15) is 0 Å². The van der Waals surface area contributed by atoms with E-state index < -0.39 is 5.97 Å². The molecule has 156 valence electrons. The molecule has 0 spiro atoms. The summed E-state index contributed by atoms with van der Waals surface area (Å²) in [6, 6.07) is 21.0. The van der Waals surface area contributed by atoms with Crippen molar-refractivity contribution in [1.29, 1.82) is 0 Å². The first kappa shape index (κ1) is 20.9. The van der Waals surface area contributed by atoms with Gasteiger partial charge in [0, 0.05) is 10.0 Å². The number of rotatable bonds is 6. The van der Waals surface area contributed by atoms with Gasteiger partial charge in [-0.15, -0.1) is 0 Å². The van der Waals surface area contributed by atoms with Crippen molar-refractivity contribution in [2.75, 3.05) is 7.11 Å². The second-order valence-electron chi connectivity index (χ2n) is 6.97. The predicted octanol–water partition coefficient (Wildman–Crippen LogP) is 5.69. The number of halogens is 1. The van der Waals surface area contributed by atoms with Crippen LogP contribution < -0.4 is 9.47 Å². The van der Waals surface area contributed by atoms with E-state index in [4.69, 9.17) is 14.2 Å². The van der Waals surface area contributed by atoms with Gasteiger partial charge in [0.25, 0.3) is 0 Å². The molecule has 1 aliphatic rings. The van der Waals surface area contributed by atoms with Crippen LogP contribution in [0.2, 0.25) is 0 Å². The number of aliphatic imine (C=N–C) groups is 1. The fourth-order valence-corrected chi connectivity index (χ4v) is 3.37. The summed E-state index contributed by atoms with van der Waals surface area (Å²) in [5.41, 5.74) is 4.00. The molecule has 6 heteroatoms. The van der Waals surface area contributed by atoms with Crippen molar-refractivity contribution in [1.82, 2.24) is 0 Å². The third-order valence-electron chi connectivity index (χ3n) is 4.85. The van der Waals surface area contributed by atoms with Crippen molar-refractivity contribution < 1.29 is 19.0 Å². The average Bonchev–Trinajstić information content (AvgIpc) is 3.14. The van der Waals surface area contributed by atoms with Crippen LogP contribution in [0, 0.1) is 6.92 Å². The first-order chi connectivity index (χ1) is 15.0. The number of esters is 1. The molecule has 3 aromatic rings. The number of carbonyl (C=O) groups is 1. The van der Waals surface area contributed by atoms with Gasteiger partial charge in [-0.1, -0.05) is 46.3 Å². The second-order valence-corrected chi connectivity index (χ2v) is 7.88. The smallest absolute Gasteiger partial charge is 0.363 e. The standard InChI is InChI=1S/C25H20BrNO4/c1-16-5-3-4-6-19(16)15-30-22-12-7-17(14-23(22)29-2)13-21-25(28)31-24(27-21)18-8-10-20(26)11-9-18/h3-14H,15H2,1-2H3/b21-13-. The molecule has 4 rings (SSSR count). The van der Waals surface area contributed by atoms with Gasteiger partial charge in [0.15, 0.2) is 17.2 Å². The molecule has 3 aromatic carbocycles. The molecule has 1 heterocycles. The van der Waals surface area contributed by atoms with Crippen LogP contribution in [0.5, 0.6) is 11.5 Å². The summed E-state index contributed by atoms with van der Waals surface area (Å²) in [7, 11) is 1.58. The molecular weight excluding hydrogens is 458 g/mol.